The molecule has 1 aromatic carbocycles. The second kappa shape index (κ2) is 5.40. The number of anilines is 1. The molecule has 4 nitrogen and oxygen atoms in total. The number of nitrogen functional groups attached to an aromatic ring is 1. The molecule has 0 saturated carbocycles. The van der Waals surface area contributed by atoms with Crippen molar-refractivity contribution in [1.29, 1.82) is 0 Å². The van der Waals surface area contributed by atoms with Gasteiger partial charge in [0.2, 0.25) is 0 Å². The lowest BCUT2D eigenvalue weighted by Gasteiger charge is -2.09. The van der Waals surface area contributed by atoms with Crippen molar-refractivity contribution in [2.45, 2.75) is 20.4 Å². The van der Waals surface area contributed by atoms with Gasteiger partial charge in [-0.05, 0) is 30.5 Å². The van der Waals surface area contributed by atoms with Crippen LogP contribution in [0.5, 0.6) is 0 Å². The summed E-state index contributed by atoms with van der Waals surface area (Å²) in [5.41, 5.74) is 12.2. The fourth-order valence-corrected chi connectivity index (χ4v) is 2.33. The molecular weight excluding hydrogens is 260 g/mol. The fourth-order valence-electron chi connectivity index (χ4n) is 2.33. The number of hydrogen-bond acceptors (Lipinski definition) is 3. The van der Waals surface area contributed by atoms with Crippen LogP contribution in [0.15, 0.2) is 48.9 Å². The van der Waals surface area contributed by atoms with Crippen molar-refractivity contribution < 1.29 is 0 Å². The third-order valence-electron chi connectivity index (χ3n) is 3.73. The SMILES string of the molecule is Cc1cnc(Cn2cc(-c3ccccc3)cn2)c(C)c1N. The van der Waals surface area contributed by atoms with Crippen molar-refractivity contribution in [3.63, 3.8) is 0 Å². The topological polar surface area (TPSA) is 56.7 Å². The molecule has 3 aromatic rings. The molecular formula is C17H18N4. The second-order valence-corrected chi connectivity index (χ2v) is 5.22. The number of aromatic nitrogens is 3. The van der Waals surface area contributed by atoms with Gasteiger partial charge in [0, 0.05) is 23.6 Å². The normalized spacial score (nSPS) is 10.8. The predicted molar refractivity (Wildman–Crippen MR) is 84.9 cm³/mol. The molecule has 21 heavy (non-hydrogen) atoms. The minimum Gasteiger partial charge on any atom is -0.398 e. The third kappa shape index (κ3) is 2.65. The lowest BCUT2D eigenvalue weighted by molar-refractivity contribution is 0.669. The first-order valence-electron chi connectivity index (χ1n) is 6.93. The van der Waals surface area contributed by atoms with Crippen LogP contribution in [-0.2, 0) is 6.54 Å². The molecule has 2 N–H and O–H groups in total. The van der Waals surface area contributed by atoms with Crippen LogP contribution >= 0.6 is 0 Å². The van der Waals surface area contributed by atoms with Crippen molar-refractivity contribution in [3.05, 3.63) is 65.7 Å². The minimum absolute atomic E-state index is 0.628. The minimum atomic E-state index is 0.628. The Morgan fingerprint density at radius 1 is 1.05 bits per heavy atom. The van der Waals surface area contributed by atoms with Crippen LogP contribution in [0.25, 0.3) is 11.1 Å². The smallest absolute Gasteiger partial charge is 0.0834 e. The highest BCUT2D eigenvalue weighted by Gasteiger charge is 2.08. The van der Waals surface area contributed by atoms with Gasteiger partial charge in [-0.2, -0.15) is 5.10 Å². The average molecular weight is 278 g/mol. The molecule has 0 aliphatic heterocycles. The molecule has 0 spiro atoms. The number of rotatable bonds is 3. The molecule has 2 heterocycles. The van der Waals surface area contributed by atoms with E-state index in [0.717, 1.165) is 33.6 Å². The van der Waals surface area contributed by atoms with Crippen molar-refractivity contribution in [2.75, 3.05) is 5.73 Å². The Hall–Kier alpha value is -2.62. The molecule has 0 amide bonds. The molecule has 3 rings (SSSR count). The highest BCUT2D eigenvalue weighted by molar-refractivity contribution is 5.61. The first kappa shape index (κ1) is 13.4. The predicted octanol–water partition coefficient (Wildman–Crippen LogP) is 3.19. The van der Waals surface area contributed by atoms with Crippen LogP contribution in [0.4, 0.5) is 5.69 Å². The van der Waals surface area contributed by atoms with E-state index in [4.69, 9.17) is 5.73 Å². The molecule has 2 aromatic heterocycles. The van der Waals surface area contributed by atoms with Crippen LogP contribution in [0, 0.1) is 13.8 Å². The summed E-state index contributed by atoms with van der Waals surface area (Å²) in [7, 11) is 0. The van der Waals surface area contributed by atoms with Crippen molar-refractivity contribution in [3.8, 4) is 11.1 Å². The van der Waals surface area contributed by atoms with E-state index in [2.05, 4.69) is 22.2 Å². The van der Waals surface area contributed by atoms with Crippen molar-refractivity contribution in [1.82, 2.24) is 14.8 Å². The number of hydrogen-bond donors (Lipinski definition) is 1. The summed E-state index contributed by atoms with van der Waals surface area (Å²) >= 11 is 0. The highest BCUT2D eigenvalue weighted by Crippen LogP contribution is 2.21. The lowest BCUT2D eigenvalue weighted by Crippen LogP contribution is -2.07. The Balaban J connectivity index is 1.87. The summed E-state index contributed by atoms with van der Waals surface area (Å²) in [5, 5.41) is 4.42. The van der Waals surface area contributed by atoms with E-state index in [1.165, 1.54) is 0 Å². The van der Waals surface area contributed by atoms with Gasteiger partial charge in [-0.3, -0.25) is 9.67 Å². The summed E-state index contributed by atoms with van der Waals surface area (Å²) in [6.07, 6.45) is 5.73. The summed E-state index contributed by atoms with van der Waals surface area (Å²) in [5.74, 6) is 0. The molecule has 0 radical (unpaired) electrons. The van der Waals surface area contributed by atoms with Gasteiger partial charge in [0.1, 0.15) is 0 Å². The molecule has 4 heteroatoms. The Morgan fingerprint density at radius 2 is 1.81 bits per heavy atom. The van der Waals surface area contributed by atoms with Gasteiger partial charge in [-0.15, -0.1) is 0 Å². The Kier molecular flexibility index (Phi) is 3.44. The van der Waals surface area contributed by atoms with E-state index in [1.807, 2.05) is 55.3 Å². The van der Waals surface area contributed by atoms with Crippen molar-refractivity contribution in [2.24, 2.45) is 0 Å². The molecule has 0 saturated heterocycles. The van der Waals surface area contributed by atoms with Crippen LogP contribution < -0.4 is 5.73 Å². The van der Waals surface area contributed by atoms with Gasteiger partial charge >= 0.3 is 0 Å². The summed E-state index contributed by atoms with van der Waals surface area (Å²) in [6, 6.07) is 10.2. The van der Waals surface area contributed by atoms with E-state index < -0.39 is 0 Å². The maximum absolute atomic E-state index is 6.06. The number of nitrogens with two attached hydrogens (primary N) is 1. The monoisotopic (exact) mass is 278 g/mol. The summed E-state index contributed by atoms with van der Waals surface area (Å²) in [6.45, 7) is 4.61. The number of pyridine rings is 1. The Morgan fingerprint density at radius 3 is 2.57 bits per heavy atom. The molecule has 0 atom stereocenters. The zero-order chi connectivity index (χ0) is 14.8. The fraction of sp³-hybridized carbons (Fsp3) is 0.176. The van der Waals surface area contributed by atoms with Crippen LogP contribution in [0.3, 0.4) is 0 Å². The third-order valence-corrected chi connectivity index (χ3v) is 3.73. The van der Waals surface area contributed by atoms with E-state index in [-0.39, 0.29) is 0 Å². The van der Waals surface area contributed by atoms with Gasteiger partial charge in [-0.1, -0.05) is 30.3 Å². The molecule has 0 aliphatic carbocycles. The highest BCUT2D eigenvalue weighted by atomic mass is 15.3. The van der Waals surface area contributed by atoms with Gasteiger partial charge in [-0.25, -0.2) is 0 Å². The van der Waals surface area contributed by atoms with Crippen LogP contribution in [-0.4, -0.2) is 14.8 Å². The van der Waals surface area contributed by atoms with Crippen LogP contribution in [0.1, 0.15) is 16.8 Å². The molecule has 106 valence electrons. The Bertz CT molecular complexity index is 760. The van der Waals surface area contributed by atoms with E-state index >= 15 is 0 Å². The second-order valence-electron chi connectivity index (χ2n) is 5.22. The van der Waals surface area contributed by atoms with E-state index in [9.17, 15) is 0 Å². The summed E-state index contributed by atoms with van der Waals surface area (Å²) in [4.78, 5) is 4.48. The zero-order valence-electron chi connectivity index (χ0n) is 12.2. The molecule has 0 aliphatic rings. The van der Waals surface area contributed by atoms with E-state index in [1.54, 1.807) is 0 Å². The Labute approximate surface area is 124 Å². The zero-order valence-corrected chi connectivity index (χ0v) is 12.2. The average Bonchev–Trinajstić information content (AvgIpc) is 2.97. The van der Waals surface area contributed by atoms with Crippen molar-refractivity contribution >= 4 is 5.69 Å². The van der Waals surface area contributed by atoms with Gasteiger partial charge in [0.05, 0.1) is 18.4 Å². The number of benzene rings is 1. The van der Waals surface area contributed by atoms with Gasteiger partial charge in [0.15, 0.2) is 0 Å². The lowest BCUT2D eigenvalue weighted by atomic mass is 10.1. The first-order chi connectivity index (χ1) is 10.1. The molecule has 0 fully saturated rings. The van der Waals surface area contributed by atoms with Crippen LogP contribution in [0.2, 0.25) is 0 Å². The van der Waals surface area contributed by atoms with Gasteiger partial charge in [0.25, 0.3) is 0 Å². The molecule has 0 unspecified atom stereocenters. The van der Waals surface area contributed by atoms with Gasteiger partial charge < -0.3 is 5.73 Å². The molecule has 0 bridgehead atoms. The number of nitrogens with zero attached hydrogens (tertiary/aromatic N) is 3. The standard InChI is InChI=1S/C17H18N4/c1-12-8-19-16(13(2)17(12)18)11-21-10-15(9-20-21)14-6-4-3-5-7-14/h3-10H,11H2,1-2H3,(H2,18,19). The number of aryl methyl sites for hydroxylation is 1. The first-order valence-corrected chi connectivity index (χ1v) is 6.93. The largest absolute Gasteiger partial charge is 0.398 e. The maximum Gasteiger partial charge on any atom is 0.0834 e. The van der Waals surface area contributed by atoms with E-state index in [0.29, 0.717) is 6.54 Å². The quantitative estimate of drug-likeness (QED) is 0.800. The maximum atomic E-state index is 6.06. The summed E-state index contributed by atoms with van der Waals surface area (Å²) < 4.78 is 1.90.